The van der Waals surface area contributed by atoms with Crippen LogP contribution in [0.5, 0.6) is 0 Å². The van der Waals surface area contributed by atoms with Crippen molar-refractivity contribution in [1.29, 1.82) is 0 Å². The van der Waals surface area contributed by atoms with E-state index < -0.39 is 0 Å². The molecule has 0 saturated carbocycles. The Morgan fingerprint density at radius 2 is 1.78 bits per heavy atom. The summed E-state index contributed by atoms with van der Waals surface area (Å²) in [6.07, 6.45) is 2.78. The number of hydrogen-bond donors (Lipinski definition) is 2. The number of nitrogens with zero attached hydrogens (tertiary/aromatic N) is 2. The number of para-hydroxylation sites is 1. The van der Waals surface area contributed by atoms with Crippen LogP contribution in [0.15, 0.2) is 53.5 Å². The summed E-state index contributed by atoms with van der Waals surface area (Å²) in [6.45, 7) is 1.59. The molecule has 0 fully saturated rings. The molecule has 144 valence electrons. The third-order valence-corrected chi connectivity index (χ3v) is 5.14. The summed E-state index contributed by atoms with van der Waals surface area (Å²) in [7, 11) is 1.76. The average molecular weight is 498 g/mol. The number of benzene rings is 2. The van der Waals surface area contributed by atoms with Crippen molar-refractivity contribution in [2.45, 2.75) is 19.3 Å². The molecule has 7 heteroatoms. The fourth-order valence-electron chi connectivity index (χ4n) is 2.67. The molecule has 1 heterocycles. The van der Waals surface area contributed by atoms with Gasteiger partial charge >= 0.3 is 0 Å². The monoisotopic (exact) mass is 498 g/mol. The normalized spacial score (nSPS) is 11.3. The first-order valence-electron chi connectivity index (χ1n) is 8.78. The molecule has 3 aromatic rings. The van der Waals surface area contributed by atoms with Gasteiger partial charge in [0.25, 0.3) is 0 Å². The molecule has 0 radical (unpaired) electrons. The number of rotatable bonds is 7. The molecule has 0 aliphatic carbocycles. The topological polar surface area (TPSA) is 49.3 Å². The zero-order valence-corrected chi connectivity index (χ0v) is 18.4. The molecule has 0 amide bonds. The van der Waals surface area contributed by atoms with Crippen molar-refractivity contribution < 1.29 is 4.39 Å². The number of aliphatic imine (C=N–C) groups is 1. The maximum absolute atomic E-state index is 12.9. The third kappa shape index (κ3) is 6.73. The molecule has 0 aliphatic rings. The summed E-state index contributed by atoms with van der Waals surface area (Å²) in [5.41, 5.74) is 2.18. The van der Waals surface area contributed by atoms with Gasteiger partial charge in [0.2, 0.25) is 0 Å². The Morgan fingerprint density at radius 1 is 1.04 bits per heavy atom. The molecule has 0 unspecified atom stereocenters. The van der Waals surface area contributed by atoms with Crippen LogP contribution in [0.3, 0.4) is 0 Å². The van der Waals surface area contributed by atoms with Gasteiger partial charge in [-0.3, -0.25) is 4.99 Å². The van der Waals surface area contributed by atoms with Gasteiger partial charge in [-0.05, 0) is 42.7 Å². The summed E-state index contributed by atoms with van der Waals surface area (Å²) in [4.78, 5) is 8.89. The quantitative estimate of drug-likeness (QED) is 0.220. The van der Waals surface area contributed by atoms with Crippen LogP contribution in [0.4, 0.5) is 4.39 Å². The summed E-state index contributed by atoms with van der Waals surface area (Å²) in [6, 6.07) is 14.8. The fourth-order valence-corrected chi connectivity index (χ4v) is 3.68. The first-order valence-corrected chi connectivity index (χ1v) is 9.59. The Balaban J connectivity index is 0.00000261. The number of guanidine groups is 1. The lowest BCUT2D eigenvalue weighted by Crippen LogP contribution is -2.38. The molecule has 0 bridgehead atoms. The van der Waals surface area contributed by atoms with E-state index in [-0.39, 0.29) is 29.8 Å². The molecular formula is C20H24FIN4S. The van der Waals surface area contributed by atoms with Gasteiger partial charge in [0.15, 0.2) is 5.96 Å². The molecular weight excluding hydrogens is 474 g/mol. The SMILES string of the molecule is CN=C(NCCCc1nc2ccccc2s1)NCCc1ccc(F)cc1.I. The average Bonchev–Trinajstić information content (AvgIpc) is 3.08. The molecule has 0 spiro atoms. The van der Waals surface area contributed by atoms with E-state index in [1.54, 1.807) is 18.4 Å². The lowest BCUT2D eigenvalue weighted by Gasteiger charge is -2.11. The largest absolute Gasteiger partial charge is 0.356 e. The van der Waals surface area contributed by atoms with Crippen LogP contribution >= 0.6 is 35.3 Å². The number of aryl methyl sites for hydroxylation is 1. The van der Waals surface area contributed by atoms with Crippen LogP contribution in [0.1, 0.15) is 17.0 Å². The second kappa shape index (κ2) is 11.2. The van der Waals surface area contributed by atoms with Crippen molar-refractivity contribution >= 4 is 51.5 Å². The molecule has 27 heavy (non-hydrogen) atoms. The Morgan fingerprint density at radius 3 is 2.52 bits per heavy atom. The minimum Gasteiger partial charge on any atom is -0.356 e. The number of halogens is 2. The van der Waals surface area contributed by atoms with Crippen molar-refractivity contribution in [3.05, 3.63) is 64.9 Å². The standard InChI is InChI=1S/C20H23FN4S.HI/c1-22-20(24-14-12-15-8-10-16(21)11-9-15)23-13-4-7-19-25-17-5-2-3-6-18(17)26-19;/h2-3,5-6,8-11H,4,7,12-14H2,1H3,(H2,22,23,24);1H. The molecule has 0 atom stereocenters. The molecule has 2 N–H and O–H groups in total. The zero-order valence-electron chi connectivity index (χ0n) is 15.2. The third-order valence-electron chi connectivity index (χ3n) is 4.04. The van der Waals surface area contributed by atoms with Gasteiger partial charge in [0.1, 0.15) is 5.82 Å². The lowest BCUT2D eigenvalue weighted by atomic mass is 10.1. The van der Waals surface area contributed by atoms with Gasteiger partial charge in [-0.25, -0.2) is 9.37 Å². The highest BCUT2D eigenvalue weighted by Crippen LogP contribution is 2.22. The highest BCUT2D eigenvalue weighted by molar-refractivity contribution is 14.0. The van der Waals surface area contributed by atoms with Gasteiger partial charge < -0.3 is 10.6 Å². The van der Waals surface area contributed by atoms with E-state index in [0.29, 0.717) is 0 Å². The molecule has 4 nitrogen and oxygen atoms in total. The Bertz CT molecular complexity index is 831. The van der Waals surface area contributed by atoms with Gasteiger partial charge in [-0.1, -0.05) is 24.3 Å². The molecule has 0 aliphatic heterocycles. The van der Waals surface area contributed by atoms with Crippen molar-refractivity contribution in [2.24, 2.45) is 4.99 Å². The van der Waals surface area contributed by atoms with E-state index in [2.05, 4.69) is 32.7 Å². The van der Waals surface area contributed by atoms with Gasteiger partial charge in [0, 0.05) is 26.6 Å². The first kappa shape index (κ1) is 21.6. The van der Waals surface area contributed by atoms with Crippen LogP contribution in [-0.2, 0) is 12.8 Å². The number of fused-ring (bicyclic) bond motifs is 1. The molecule has 2 aromatic carbocycles. The Labute approximate surface area is 180 Å². The minimum atomic E-state index is -0.202. The second-order valence-corrected chi connectivity index (χ2v) is 7.10. The van der Waals surface area contributed by atoms with Crippen LogP contribution in [0.25, 0.3) is 10.2 Å². The maximum Gasteiger partial charge on any atom is 0.190 e. The zero-order chi connectivity index (χ0) is 18.2. The smallest absolute Gasteiger partial charge is 0.190 e. The van der Waals surface area contributed by atoms with Crippen LogP contribution < -0.4 is 10.6 Å². The van der Waals surface area contributed by atoms with E-state index in [1.807, 2.05) is 24.3 Å². The number of hydrogen-bond acceptors (Lipinski definition) is 3. The van der Waals surface area contributed by atoms with Crippen molar-refractivity contribution in [2.75, 3.05) is 20.1 Å². The predicted octanol–water partition coefficient (Wildman–Crippen LogP) is 4.39. The summed E-state index contributed by atoms with van der Waals surface area (Å²) in [5, 5.41) is 7.78. The second-order valence-electron chi connectivity index (χ2n) is 5.98. The fraction of sp³-hybridized carbons (Fsp3) is 0.300. The van der Waals surface area contributed by atoms with Crippen LogP contribution in [0.2, 0.25) is 0 Å². The van der Waals surface area contributed by atoms with Gasteiger partial charge in [-0.2, -0.15) is 0 Å². The number of aromatic nitrogens is 1. The summed E-state index contributed by atoms with van der Waals surface area (Å²) >= 11 is 1.76. The first-order chi connectivity index (χ1) is 12.7. The van der Waals surface area contributed by atoms with Crippen molar-refractivity contribution in [3.63, 3.8) is 0 Å². The summed E-state index contributed by atoms with van der Waals surface area (Å²) in [5.74, 6) is 0.587. The van der Waals surface area contributed by atoms with E-state index in [0.717, 1.165) is 49.4 Å². The Hall–Kier alpha value is -1.74. The highest BCUT2D eigenvalue weighted by Gasteiger charge is 2.03. The van der Waals surface area contributed by atoms with Crippen LogP contribution in [-0.4, -0.2) is 31.1 Å². The minimum absolute atomic E-state index is 0. The summed E-state index contributed by atoms with van der Waals surface area (Å²) < 4.78 is 14.1. The Kier molecular flexibility index (Phi) is 8.93. The molecule has 0 saturated heterocycles. The van der Waals surface area contributed by atoms with Gasteiger partial charge in [-0.15, -0.1) is 35.3 Å². The van der Waals surface area contributed by atoms with Crippen molar-refractivity contribution in [3.8, 4) is 0 Å². The highest BCUT2D eigenvalue weighted by atomic mass is 127. The van der Waals surface area contributed by atoms with Crippen LogP contribution in [0, 0.1) is 5.82 Å². The maximum atomic E-state index is 12.9. The molecule has 1 aromatic heterocycles. The van der Waals surface area contributed by atoms with Crippen molar-refractivity contribution in [1.82, 2.24) is 15.6 Å². The van der Waals surface area contributed by atoms with E-state index in [4.69, 9.17) is 0 Å². The van der Waals surface area contributed by atoms with E-state index >= 15 is 0 Å². The molecule has 3 rings (SSSR count). The predicted molar refractivity (Wildman–Crippen MR) is 123 cm³/mol. The number of thiazole rings is 1. The lowest BCUT2D eigenvalue weighted by molar-refractivity contribution is 0.626. The van der Waals surface area contributed by atoms with Gasteiger partial charge in [0.05, 0.1) is 15.2 Å². The van der Waals surface area contributed by atoms with E-state index in [9.17, 15) is 4.39 Å². The van der Waals surface area contributed by atoms with E-state index in [1.165, 1.54) is 21.8 Å². The number of nitrogens with one attached hydrogen (secondary N) is 2.